The van der Waals surface area contributed by atoms with Crippen LogP contribution in [0.5, 0.6) is 0 Å². The number of aliphatic hydroxyl groups excluding tert-OH is 1. The van der Waals surface area contributed by atoms with E-state index in [0.717, 1.165) is 45.3 Å². The number of halogens is 2. The Morgan fingerprint density at radius 2 is 2.03 bits per heavy atom. The summed E-state index contributed by atoms with van der Waals surface area (Å²) < 4.78 is 13.2. The van der Waals surface area contributed by atoms with Crippen LogP contribution in [0.1, 0.15) is 31.2 Å². The number of aliphatic hydroxyl groups is 1. The number of hydrogen-bond donors (Lipinski definition) is 1. The second-order valence-corrected chi connectivity index (χ2v) is 9.34. The molecule has 3 aliphatic rings. The van der Waals surface area contributed by atoms with Crippen molar-refractivity contribution in [3.63, 3.8) is 0 Å². The van der Waals surface area contributed by atoms with Gasteiger partial charge in [-0.3, -0.25) is 9.59 Å². The molecule has 0 unspecified atom stereocenters. The van der Waals surface area contributed by atoms with Gasteiger partial charge < -0.3 is 19.8 Å². The average molecular weight is 450 g/mol. The van der Waals surface area contributed by atoms with Gasteiger partial charge in [0.15, 0.2) is 0 Å². The van der Waals surface area contributed by atoms with E-state index in [2.05, 4.69) is 4.90 Å². The summed E-state index contributed by atoms with van der Waals surface area (Å²) in [5.41, 5.74) is 0.840. The van der Waals surface area contributed by atoms with Gasteiger partial charge in [0.1, 0.15) is 12.4 Å². The zero-order valence-electron chi connectivity index (χ0n) is 17.6. The third-order valence-electron chi connectivity index (χ3n) is 6.85. The molecule has 1 aliphatic carbocycles. The van der Waals surface area contributed by atoms with Crippen molar-refractivity contribution in [3.8, 4) is 0 Å². The molecular formula is C23H29ClFN3O3. The molecule has 1 spiro atoms. The van der Waals surface area contributed by atoms with Crippen LogP contribution < -0.4 is 0 Å². The van der Waals surface area contributed by atoms with Gasteiger partial charge in [0.25, 0.3) is 0 Å². The van der Waals surface area contributed by atoms with Gasteiger partial charge in [-0.1, -0.05) is 17.7 Å². The van der Waals surface area contributed by atoms with Crippen LogP contribution in [-0.2, 0) is 9.59 Å². The summed E-state index contributed by atoms with van der Waals surface area (Å²) in [5, 5.41) is 10.3. The topological polar surface area (TPSA) is 64.1 Å². The van der Waals surface area contributed by atoms with E-state index in [9.17, 15) is 19.1 Å². The Labute approximate surface area is 187 Å². The SMILES string of the molecule is O=C(/C=C/c1ccc(F)c(Cl)c1)N1CCN(CCCN2CCC3(CC3)[C@H](O)C2)C(=O)C1. The predicted octanol–water partition coefficient (Wildman–Crippen LogP) is 2.40. The van der Waals surface area contributed by atoms with Crippen molar-refractivity contribution in [1.29, 1.82) is 0 Å². The van der Waals surface area contributed by atoms with Gasteiger partial charge in [0.05, 0.1) is 11.1 Å². The first-order chi connectivity index (χ1) is 14.9. The Hall–Kier alpha value is -1.96. The molecule has 2 saturated heterocycles. The molecule has 0 bridgehead atoms. The number of carbonyl (C=O) groups excluding carboxylic acids is 2. The highest BCUT2D eigenvalue weighted by atomic mass is 35.5. The summed E-state index contributed by atoms with van der Waals surface area (Å²) in [6.07, 6.45) is 7.01. The Morgan fingerprint density at radius 1 is 1.23 bits per heavy atom. The van der Waals surface area contributed by atoms with Crippen LogP contribution in [0.4, 0.5) is 4.39 Å². The predicted molar refractivity (Wildman–Crippen MR) is 117 cm³/mol. The lowest BCUT2D eigenvalue weighted by Gasteiger charge is -2.37. The standard InChI is InChI=1S/C23H29ClFN3O3/c24-18-14-17(2-4-19(18)25)3-5-21(30)28-13-12-27(22(31)16-28)10-1-9-26-11-8-23(6-7-23)20(29)15-26/h2-5,14,20,29H,1,6-13,15-16H2/b5-3+/t20-/m1/s1. The van der Waals surface area contributed by atoms with Gasteiger partial charge in [0, 0.05) is 32.3 Å². The third-order valence-corrected chi connectivity index (χ3v) is 7.14. The summed E-state index contributed by atoms with van der Waals surface area (Å²) >= 11 is 5.76. The van der Waals surface area contributed by atoms with Crippen molar-refractivity contribution in [2.24, 2.45) is 5.41 Å². The van der Waals surface area contributed by atoms with Crippen molar-refractivity contribution < 1.29 is 19.1 Å². The first kappa shape index (κ1) is 22.2. The highest BCUT2D eigenvalue weighted by Crippen LogP contribution is 2.53. The molecule has 168 valence electrons. The Bertz CT molecular complexity index is 874. The first-order valence-corrected chi connectivity index (χ1v) is 11.3. The van der Waals surface area contributed by atoms with Gasteiger partial charge in [0.2, 0.25) is 11.8 Å². The van der Waals surface area contributed by atoms with E-state index in [1.807, 2.05) is 4.90 Å². The molecule has 1 saturated carbocycles. The molecule has 8 heteroatoms. The summed E-state index contributed by atoms with van der Waals surface area (Å²) in [7, 11) is 0. The smallest absolute Gasteiger partial charge is 0.247 e. The van der Waals surface area contributed by atoms with E-state index in [1.165, 1.54) is 23.1 Å². The van der Waals surface area contributed by atoms with E-state index in [0.29, 0.717) is 25.2 Å². The maximum absolute atomic E-state index is 13.2. The number of piperazine rings is 1. The Balaban J connectivity index is 1.19. The van der Waals surface area contributed by atoms with E-state index >= 15 is 0 Å². The largest absolute Gasteiger partial charge is 0.391 e. The molecule has 0 radical (unpaired) electrons. The zero-order chi connectivity index (χ0) is 22.0. The molecule has 2 aliphatic heterocycles. The number of benzene rings is 1. The lowest BCUT2D eigenvalue weighted by molar-refractivity contribution is -0.143. The molecule has 1 N–H and O–H groups in total. The minimum Gasteiger partial charge on any atom is -0.391 e. The number of rotatable bonds is 6. The van der Waals surface area contributed by atoms with E-state index < -0.39 is 5.82 Å². The number of likely N-dealkylation sites (tertiary alicyclic amines) is 1. The number of nitrogens with zero attached hydrogens (tertiary/aromatic N) is 3. The van der Waals surface area contributed by atoms with Crippen molar-refractivity contribution in [3.05, 3.63) is 40.7 Å². The van der Waals surface area contributed by atoms with E-state index in [4.69, 9.17) is 11.6 Å². The van der Waals surface area contributed by atoms with Crippen LogP contribution in [0.25, 0.3) is 6.08 Å². The maximum Gasteiger partial charge on any atom is 0.247 e. The Kier molecular flexibility index (Phi) is 6.65. The number of hydrogen-bond acceptors (Lipinski definition) is 4. The fourth-order valence-corrected chi connectivity index (χ4v) is 4.72. The minimum absolute atomic E-state index is 0.00417. The second kappa shape index (κ2) is 9.27. The molecule has 0 aromatic heterocycles. The van der Waals surface area contributed by atoms with Gasteiger partial charge in [-0.05, 0) is 68.0 Å². The molecule has 1 aromatic rings. The molecular weight excluding hydrogens is 421 g/mol. The van der Waals surface area contributed by atoms with Crippen LogP contribution >= 0.6 is 11.6 Å². The van der Waals surface area contributed by atoms with Crippen molar-refractivity contribution >= 4 is 29.5 Å². The molecule has 31 heavy (non-hydrogen) atoms. The monoisotopic (exact) mass is 449 g/mol. The van der Waals surface area contributed by atoms with Crippen molar-refractivity contribution in [1.82, 2.24) is 14.7 Å². The summed E-state index contributed by atoms with van der Waals surface area (Å²) in [6, 6.07) is 4.25. The summed E-state index contributed by atoms with van der Waals surface area (Å²) in [4.78, 5) is 30.5. The van der Waals surface area contributed by atoms with Gasteiger partial charge >= 0.3 is 0 Å². The third kappa shape index (κ3) is 5.27. The maximum atomic E-state index is 13.2. The lowest BCUT2D eigenvalue weighted by atomic mass is 9.90. The fourth-order valence-electron chi connectivity index (χ4n) is 4.53. The average Bonchev–Trinajstić information content (AvgIpc) is 3.53. The molecule has 2 amide bonds. The van der Waals surface area contributed by atoms with Crippen LogP contribution in [0, 0.1) is 11.2 Å². The van der Waals surface area contributed by atoms with Crippen LogP contribution in [-0.4, -0.2) is 83.5 Å². The molecule has 1 atom stereocenters. The van der Waals surface area contributed by atoms with Gasteiger partial charge in [-0.25, -0.2) is 4.39 Å². The number of piperidine rings is 1. The molecule has 6 nitrogen and oxygen atoms in total. The fraction of sp³-hybridized carbons (Fsp3) is 0.565. The lowest BCUT2D eigenvalue weighted by Crippen LogP contribution is -2.52. The number of carbonyl (C=O) groups is 2. The van der Waals surface area contributed by atoms with Crippen LogP contribution in [0.15, 0.2) is 24.3 Å². The summed E-state index contributed by atoms with van der Waals surface area (Å²) in [5.74, 6) is -0.798. The highest BCUT2D eigenvalue weighted by Gasteiger charge is 2.51. The minimum atomic E-state index is -0.504. The number of β-amino-alcohol motifs (C(OH)–C–C–N with tert-alkyl or cyclic N) is 1. The molecule has 3 fully saturated rings. The first-order valence-electron chi connectivity index (χ1n) is 11.0. The van der Waals surface area contributed by atoms with E-state index in [-0.39, 0.29) is 34.9 Å². The van der Waals surface area contributed by atoms with E-state index in [1.54, 1.807) is 12.1 Å². The normalized spacial score (nSPS) is 23.7. The highest BCUT2D eigenvalue weighted by molar-refractivity contribution is 6.30. The molecule has 2 heterocycles. The van der Waals surface area contributed by atoms with Crippen LogP contribution in [0.2, 0.25) is 5.02 Å². The quantitative estimate of drug-likeness (QED) is 0.677. The van der Waals surface area contributed by atoms with Gasteiger partial charge in [-0.15, -0.1) is 0 Å². The second-order valence-electron chi connectivity index (χ2n) is 8.93. The summed E-state index contributed by atoms with van der Waals surface area (Å²) in [6.45, 7) is 4.39. The number of amides is 2. The molecule has 4 rings (SSSR count). The van der Waals surface area contributed by atoms with Crippen LogP contribution in [0.3, 0.4) is 0 Å². The molecule has 1 aromatic carbocycles. The van der Waals surface area contributed by atoms with Crippen molar-refractivity contribution in [2.45, 2.75) is 31.8 Å². The van der Waals surface area contributed by atoms with Crippen molar-refractivity contribution in [2.75, 3.05) is 45.8 Å². The Morgan fingerprint density at radius 3 is 2.71 bits per heavy atom. The zero-order valence-corrected chi connectivity index (χ0v) is 18.4. The van der Waals surface area contributed by atoms with Gasteiger partial charge in [-0.2, -0.15) is 0 Å².